The summed E-state index contributed by atoms with van der Waals surface area (Å²) in [5.41, 5.74) is 4.30. The Kier molecular flexibility index (Phi) is 5.14. The second-order valence-corrected chi connectivity index (χ2v) is 9.05. The van der Waals surface area contributed by atoms with E-state index in [1.165, 1.54) is 15.8 Å². The fourth-order valence-corrected chi connectivity index (χ4v) is 5.01. The van der Waals surface area contributed by atoms with E-state index in [1.807, 2.05) is 0 Å². The van der Waals surface area contributed by atoms with Gasteiger partial charge in [0.05, 0.1) is 24.2 Å². The van der Waals surface area contributed by atoms with E-state index in [0.717, 1.165) is 16.8 Å². The van der Waals surface area contributed by atoms with Crippen molar-refractivity contribution in [1.82, 2.24) is 40.3 Å². The molecule has 184 valence electrons. The summed E-state index contributed by atoms with van der Waals surface area (Å²) in [5.74, 6) is -1.33. The van der Waals surface area contributed by atoms with Gasteiger partial charge in [-0.2, -0.15) is 5.10 Å². The van der Waals surface area contributed by atoms with Gasteiger partial charge in [-0.05, 0) is 30.2 Å². The van der Waals surface area contributed by atoms with Crippen molar-refractivity contribution in [2.75, 3.05) is 6.54 Å². The number of carbonyl (C=O) groups excluding carboxylic acids is 4. The summed E-state index contributed by atoms with van der Waals surface area (Å²) in [6.45, 7) is 0.849. The van der Waals surface area contributed by atoms with Crippen LogP contribution in [0.4, 0.5) is 0 Å². The van der Waals surface area contributed by atoms with Gasteiger partial charge in [-0.15, -0.1) is 5.10 Å². The Morgan fingerprint density at radius 3 is 2.83 bits per heavy atom. The molecule has 3 aliphatic heterocycles. The minimum absolute atomic E-state index is 0.175. The average Bonchev–Trinajstić information content (AvgIpc) is 3.60. The van der Waals surface area contributed by atoms with Crippen LogP contribution in [0.5, 0.6) is 0 Å². The lowest BCUT2D eigenvalue weighted by Gasteiger charge is -2.29. The lowest BCUT2D eigenvalue weighted by molar-refractivity contribution is -0.136. The molecule has 4 amide bonds. The van der Waals surface area contributed by atoms with Crippen LogP contribution in [0.3, 0.4) is 0 Å². The van der Waals surface area contributed by atoms with Gasteiger partial charge in [-0.1, -0.05) is 5.21 Å². The van der Waals surface area contributed by atoms with Gasteiger partial charge in [-0.25, -0.2) is 4.68 Å². The van der Waals surface area contributed by atoms with Gasteiger partial charge >= 0.3 is 0 Å². The first-order valence-electron chi connectivity index (χ1n) is 11.6. The maximum absolute atomic E-state index is 13.1. The fourth-order valence-electron chi connectivity index (χ4n) is 5.01. The molecule has 0 aliphatic carbocycles. The normalized spacial score (nSPS) is 19.4. The van der Waals surface area contributed by atoms with Crippen molar-refractivity contribution < 1.29 is 24.3 Å². The molecule has 2 aromatic heterocycles. The van der Waals surface area contributed by atoms with E-state index >= 15 is 0 Å². The molecule has 1 atom stereocenters. The Balaban J connectivity index is 1.19. The van der Waals surface area contributed by atoms with Crippen LogP contribution in [0, 0.1) is 0 Å². The maximum atomic E-state index is 13.1. The van der Waals surface area contributed by atoms with Crippen LogP contribution in [0.25, 0.3) is 5.69 Å². The molecule has 0 bridgehead atoms. The number of nitrogens with one attached hydrogen (secondary N) is 2. The van der Waals surface area contributed by atoms with E-state index in [4.69, 9.17) is 0 Å². The minimum Gasteiger partial charge on any atom is -0.390 e. The van der Waals surface area contributed by atoms with Gasteiger partial charge in [0, 0.05) is 49.3 Å². The first kappa shape index (κ1) is 22.1. The maximum Gasteiger partial charge on any atom is 0.276 e. The smallest absolute Gasteiger partial charge is 0.276 e. The molecule has 1 aromatic carbocycles. The van der Waals surface area contributed by atoms with Crippen LogP contribution in [-0.4, -0.2) is 76.3 Å². The Morgan fingerprint density at radius 1 is 1.17 bits per heavy atom. The van der Waals surface area contributed by atoms with Crippen molar-refractivity contribution in [2.24, 2.45) is 0 Å². The molecule has 0 spiro atoms. The predicted molar refractivity (Wildman–Crippen MR) is 120 cm³/mol. The van der Waals surface area contributed by atoms with Crippen LogP contribution < -0.4 is 5.32 Å². The van der Waals surface area contributed by atoms with Crippen LogP contribution in [0.15, 0.2) is 24.4 Å². The highest BCUT2D eigenvalue weighted by atomic mass is 16.3. The molecule has 36 heavy (non-hydrogen) atoms. The quantitative estimate of drug-likeness (QED) is 0.409. The van der Waals surface area contributed by atoms with E-state index in [1.54, 1.807) is 23.1 Å². The Morgan fingerprint density at radius 2 is 2.03 bits per heavy atom. The van der Waals surface area contributed by atoms with Gasteiger partial charge < -0.3 is 14.9 Å². The number of nitrogens with zero attached hydrogens (tertiary/aromatic N) is 6. The number of fused-ring (bicyclic) bond motifs is 2. The number of H-pyrrole nitrogens is 1. The SMILES string of the molecule is O=C1CCC(N2Cc3cc(-n4cc(C(=O)N5CCc6[nH]nc(CO)c6C5)nn4)ccc3C2=O)C(=O)N1. The average molecular weight is 490 g/mol. The third-order valence-corrected chi connectivity index (χ3v) is 6.94. The molecule has 1 saturated heterocycles. The number of benzene rings is 1. The van der Waals surface area contributed by atoms with Gasteiger partial charge in [0.2, 0.25) is 11.8 Å². The summed E-state index contributed by atoms with van der Waals surface area (Å²) >= 11 is 0. The number of carbonyl (C=O) groups is 4. The zero-order valence-corrected chi connectivity index (χ0v) is 19.1. The molecule has 3 N–H and O–H groups in total. The molecule has 6 rings (SSSR count). The number of piperidine rings is 1. The molecule has 13 heteroatoms. The lowest BCUT2D eigenvalue weighted by Crippen LogP contribution is -2.52. The number of aliphatic hydroxyl groups excluding tert-OH is 1. The third kappa shape index (κ3) is 3.55. The zero-order chi connectivity index (χ0) is 25.0. The molecule has 3 aliphatic rings. The molecule has 0 saturated carbocycles. The summed E-state index contributed by atoms with van der Waals surface area (Å²) in [6, 6.07) is 4.48. The highest BCUT2D eigenvalue weighted by Crippen LogP contribution is 2.29. The van der Waals surface area contributed by atoms with E-state index in [2.05, 4.69) is 25.8 Å². The summed E-state index contributed by atoms with van der Waals surface area (Å²) in [6.07, 6.45) is 2.63. The van der Waals surface area contributed by atoms with Crippen molar-refractivity contribution in [3.63, 3.8) is 0 Å². The Bertz CT molecular complexity index is 1410. The van der Waals surface area contributed by atoms with Crippen molar-refractivity contribution in [2.45, 2.75) is 45.0 Å². The van der Waals surface area contributed by atoms with Gasteiger partial charge in [0.25, 0.3) is 11.8 Å². The van der Waals surface area contributed by atoms with E-state index in [-0.39, 0.29) is 43.0 Å². The number of aromatic amines is 1. The fraction of sp³-hybridized carbons (Fsp3) is 0.348. The summed E-state index contributed by atoms with van der Waals surface area (Å²) in [5, 5.41) is 26.9. The van der Waals surface area contributed by atoms with E-state index in [9.17, 15) is 24.3 Å². The summed E-state index contributed by atoms with van der Waals surface area (Å²) in [4.78, 5) is 52.8. The molecule has 5 heterocycles. The molecule has 0 radical (unpaired) electrons. The highest BCUT2D eigenvalue weighted by molar-refractivity contribution is 6.05. The molecular weight excluding hydrogens is 468 g/mol. The second-order valence-electron chi connectivity index (χ2n) is 9.05. The molecule has 1 fully saturated rings. The Labute approximate surface area is 204 Å². The van der Waals surface area contributed by atoms with E-state index in [0.29, 0.717) is 42.9 Å². The third-order valence-electron chi connectivity index (χ3n) is 6.94. The molecule has 1 unspecified atom stereocenters. The molecular formula is C23H22N8O5. The first-order valence-corrected chi connectivity index (χ1v) is 11.6. The number of rotatable bonds is 4. The topological polar surface area (TPSA) is 166 Å². The number of amides is 4. The largest absolute Gasteiger partial charge is 0.390 e. The van der Waals surface area contributed by atoms with Gasteiger partial charge in [-0.3, -0.25) is 29.6 Å². The zero-order valence-electron chi connectivity index (χ0n) is 19.1. The van der Waals surface area contributed by atoms with Crippen molar-refractivity contribution in [1.29, 1.82) is 0 Å². The van der Waals surface area contributed by atoms with Gasteiger partial charge in [0.1, 0.15) is 6.04 Å². The minimum atomic E-state index is -0.687. The Hall–Kier alpha value is -4.39. The number of hydrogen-bond acceptors (Lipinski definition) is 8. The number of aromatic nitrogens is 5. The van der Waals surface area contributed by atoms with E-state index < -0.39 is 11.9 Å². The number of aliphatic hydroxyl groups is 1. The summed E-state index contributed by atoms with van der Waals surface area (Å²) in [7, 11) is 0. The molecule has 13 nitrogen and oxygen atoms in total. The van der Waals surface area contributed by atoms with Gasteiger partial charge in [0.15, 0.2) is 5.69 Å². The van der Waals surface area contributed by atoms with Crippen LogP contribution >= 0.6 is 0 Å². The van der Waals surface area contributed by atoms with Crippen molar-refractivity contribution in [3.05, 3.63) is 58.2 Å². The van der Waals surface area contributed by atoms with Crippen molar-refractivity contribution >= 4 is 23.6 Å². The van der Waals surface area contributed by atoms with Crippen LogP contribution in [-0.2, 0) is 35.7 Å². The standard InChI is InChI=1S/C23H22N8O5/c32-11-18-15-9-29(6-5-16(15)25-26-18)23(36)17-10-31(28-27-17)13-1-2-14-12(7-13)8-30(22(14)35)19-3-4-20(33)24-21(19)34/h1-2,7,10,19,32H,3-6,8-9,11H2,(H,25,26)(H,24,33,34). The van der Waals surface area contributed by atoms with Crippen LogP contribution in [0.1, 0.15) is 56.2 Å². The first-order chi connectivity index (χ1) is 17.4. The van der Waals surface area contributed by atoms with Crippen molar-refractivity contribution in [3.8, 4) is 5.69 Å². The lowest BCUT2D eigenvalue weighted by atomic mass is 10.0. The molecule has 3 aromatic rings. The summed E-state index contributed by atoms with van der Waals surface area (Å²) < 4.78 is 1.47. The highest BCUT2D eigenvalue weighted by Gasteiger charge is 2.39. The number of hydrogen-bond donors (Lipinski definition) is 3. The predicted octanol–water partition coefficient (Wildman–Crippen LogP) is -0.558. The second kappa shape index (κ2) is 8.37. The van der Waals surface area contributed by atoms with Crippen LogP contribution in [0.2, 0.25) is 0 Å². The monoisotopic (exact) mass is 490 g/mol. The number of imide groups is 1.